The minimum atomic E-state index is 1.10. The van der Waals surface area contributed by atoms with Crippen LogP contribution in [0, 0.1) is 0 Å². The van der Waals surface area contributed by atoms with E-state index in [0.29, 0.717) is 0 Å². The Morgan fingerprint density at radius 1 is 0.739 bits per heavy atom. The van der Waals surface area contributed by atoms with Crippen LogP contribution < -0.4 is 4.90 Å². The van der Waals surface area contributed by atoms with Crippen LogP contribution in [0.5, 0.6) is 0 Å². The summed E-state index contributed by atoms with van der Waals surface area (Å²) >= 11 is 0. The van der Waals surface area contributed by atoms with Gasteiger partial charge in [0.25, 0.3) is 0 Å². The number of fused-ring (bicyclic) bond motifs is 1. The number of hydrogen-bond donors (Lipinski definition) is 0. The molecule has 1 saturated heterocycles. The van der Waals surface area contributed by atoms with Crippen molar-refractivity contribution in [1.82, 2.24) is 4.90 Å². The maximum atomic E-state index is 2.51. The smallest absolute Gasteiger partial charge is 0.0379 e. The molecular weight excluding hydrogens is 280 g/mol. The van der Waals surface area contributed by atoms with Crippen LogP contribution in [0.4, 0.5) is 5.69 Å². The summed E-state index contributed by atoms with van der Waals surface area (Å²) in [7, 11) is 2.20. The average Bonchev–Trinajstić information content (AvgIpc) is 2.62. The fourth-order valence-electron chi connectivity index (χ4n) is 3.40. The van der Waals surface area contributed by atoms with E-state index in [-0.39, 0.29) is 0 Å². The molecule has 0 saturated carbocycles. The van der Waals surface area contributed by atoms with Gasteiger partial charge < -0.3 is 9.80 Å². The largest absolute Gasteiger partial charge is 0.369 e. The number of likely N-dealkylation sites (N-methyl/N-ethyl adjacent to an activating group) is 1. The molecule has 0 bridgehead atoms. The maximum Gasteiger partial charge on any atom is 0.0379 e. The van der Waals surface area contributed by atoms with Gasteiger partial charge in [0.1, 0.15) is 0 Å². The van der Waals surface area contributed by atoms with Gasteiger partial charge in [0.2, 0.25) is 0 Å². The van der Waals surface area contributed by atoms with Crippen LogP contribution in [0.3, 0.4) is 0 Å². The molecule has 0 spiro atoms. The van der Waals surface area contributed by atoms with Crippen LogP contribution in [-0.4, -0.2) is 38.1 Å². The molecular formula is C21H22N2. The van der Waals surface area contributed by atoms with E-state index >= 15 is 0 Å². The molecule has 1 aliphatic heterocycles. The highest BCUT2D eigenvalue weighted by Gasteiger charge is 2.16. The topological polar surface area (TPSA) is 6.48 Å². The second-order valence-corrected chi connectivity index (χ2v) is 6.37. The molecule has 0 radical (unpaired) electrons. The second kappa shape index (κ2) is 6.05. The first-order chi connectivity index (χ1) is 11.3. The van der Waals surface area contributed by atoms with Crippen molar-refractivity contribution >= 4 is 16.5 Å². The van der Waals surface area contributed by atoms with Gasteiger partial charge in [0.15, 0.2) is 0 Å². The normalized spacial score (nSPS) is 16.0. The van der Waals surface area contributed by atoms with Gasteiger partial charge in [-0.1, -0.05) is 54.6 Å². The van der Waals surface area contributed by atoms with Gasteiger partial charge in [-0.2, -0.15) is 0 Å². The zero-order valence-electron chi connectivity index (χ0n) is 13.6. The number of hydrogen-bond acceptors (Lipinski definition) is 2. The lowest BCUT2D eigenvalue weighted by atomic mass is 9.97. The Labute approximate surface area is 138 Å². The zero-order valence-corrected chi connectivity index (χ0v) is 13.6. The van der Waals surface area contributed by atoms with Gasteiger partial charge in [-0.3, -0.25) is 0 Å². The van der Waals surface area contributed by atoms with Gasteiger partial charge in [0.05, 0.1) is 0 Å². The van der Waals surface area contributed by atoms with E-state index in [1.807, 2.05) is 0 Å². The quantitative estimate of drug-likeness (QED) is 0.698. The van der Waals surface area contributed by atoms with Crippen molar-refractivity contribution in [2.75, 3.05) is 38.1 Å². The highest BCUT2D eigenvalue weighted by molar-refractivity contribution is 5.99. The first kappa shape index (κ1) is 14.3. The van der Waals surface area contributed by atoms with E-state index < -0.39 is 0 Å². The van der Waals surface area contributed by atoms with Crippen molar-refractivity contribution in [3.05, 3.63) is 66.7 Å². The van der Waals surface area contributed by atoms with Crippen LogP contribution in [0.25, 0.3) is 21.9 Å². The summed E-state index contributed by atoms with van der Waals surface area (Å²) in [6.07, 6.45) is 0. The molecule has 3 aromatic rings. The number of anilines is 1. The Bertz CT molecular complexity index is 802. The van der Waals surface area contributed by atoms with E-state index in [2.05, 4.69) is 83.6 Å². The van der Waals surface area contributed by atoms with Crippen molar-refractivity contribution in [3.8, 4) is 11.1 Å². The lowest BCUT2D eigenvalue weighted by molar-refractivity contribution is 0.313. The first-order valence-corrected chi connectivity index (χ1v) is 8.33. The molecule has 116 valence electrons. The van der Waals surface area contributed by atoms with Crippen molar-refractivity contribution in [1.29, 1.82) is 0 Å². The summed E-state index contributed by atoms with van der Waals surface area (Å²) < 4.78 is 0. The number of piperazine rings is 1. The van der Waals surface area contributed by atoms with Gasteiger partial charge in [0, 0.05) is 31.9 Å². The lowest BCUT2D eigenvalue weighted by Gasteiger charge is -2.34. The fraction of sp³-hybridized carbons (Fsp3) is 0.238. The molecule has 0 unspecified atom stereocenters. The Balaban J connectivity index is 1.84. The summed E-state index contributed by atoms with van der Waals surface area (Å²) in [4.78, 5) is 4.91. The zero-order chi connectivity index (χ0) is 15.6. The molecule has 2 heteroatoms. The molecule has 23 heavy (non-hydrogen) atoms. The van der Waals surface area contributed by atoms with Gasteiger partial charge >= 0.3 is 0 Å². The minimum Gasteiger partial charge on any atom is -0.369 e. The fourth-order valence-corrected chi connectivity index (χ4v) is 3.40. The predicted octanol–water partition coefficient (Wildman–Crippen LogP) is 4.26. The third kappa shape index (κ3) is 2.82. The summed E-state index contributed by atoms with van der Waals surface area (Å²) in [6, 6.07) is 24.1. The second-order valence-electron chi connectivity index (χ2n) is 6.37. The number of rotatable bonds is 2. The van der Waals surface area contributed by atoms with Crippen LogP contribution in [0.1, 0.15) is 0 Å². The van der Waals surface area contributed by atoms with E-state index in [9.17, 15) is 0 Å². The van der Waals surface area contributed by atoms with Gasteiger partial charge in [-0.05, 0) is 41.1 Å². The predicted molar refractivity (Wildman–Crippen MR) is 99.1 cm³/mol. The molecule has 2 nitrogen and oxygen atoms in total. The molecule has 4 rings (SSSR count). The van der Waals surface area contributed by atoms with E-state index in [1.165, 1.54) is 27.6 Å². The van der Waals surface area contributed by atoms with Crippen LogP contribution in [0.2, 0.25) is 0 Å². The number of nitrogens with zero attached hydrogens (tertiary/aromatic N) is 2. The van der Waals surface area contributed by atoms with Crippen LogP contribution >= 0.6 is 0 Å². The van der Waals surface area contributed by atoms with Crippen molar-refractivity contribution < 1.29 is 0 Å². The molecule has 1 fully saturated rings. The minimum absolute atomic E-state index is 1.10. The molecule has 0 N–H and O–H groups in total. The van der Waals surface area contributed by atoms with E-state index in [0.717, 1.165) is 26.2 Å². The monoisotopic (exact) mass is 302 g/mol. The van der Waals surface area contributed by atoms with E-state index in [4.69, 9.17) is 0 Å². The molecule has 0 amide bonds. The molecule has 0 atom stereocenters. The molecule has 1 heterocycles. The Morgan fingerprint density at radius 3 is 2.22 bits per heavy atom. The highest BCUT2D eigenvalue weighted by atomic mass is 15.2. The highest BCUT2D eigenvalue weighted by Crippen LogP contribution is 2.33. The molecule has 0 aromatic heterocycles. The summed E-state index contributed by atoms with van der Waals surface area (Å²) in [5.74, 6) is 0. The van der Waals surface area contributed by atoms with Crippen LogP contribution in [-0.2, 0) is 0 Å². The van der Waals surface area contributed by atoms with Gasteiger partial charge in [-0.15, -0.1) is 0 Å². The average molecular weight is 302 g/mol. The van der Waals surface area contributed by atoms with Crippen molar-refractivity contribution in [2.45, 2.75) is 0 Å². The molecule has 1 aliphatic rings. The summed E-state index contributed by atoms with van der Waals surface area (Å²) in [5.41, 5.74) is 3.97. The maximum absolute atomic E-state index is 2.51. The van der Waals surface area contributed by atoms with E-state index in [1.54, 1.807) is 0 Å². The van der Waals surface area contributed by atoms with Gasteiger partial charge in [-0.25, -0.2) is 0 Å². The summed E-state index contributed by atoms with van der Waals surface area (Å²) in [5, 5.41) is 2.65. The van der Waals surface area contributed by atoms with Crippen molar-refractivity contribution in [2.24, 2.45) is 0 Å². The van der Waals surface area contributed by atoms with Crippen molar-refractivity contribution in [3.63, 3.8) is 0 Å². The van der Waals surface area contributed by atoms with Crippen LogP contribution in [0.15, 0.2) is 66.7 Å². The SMILES string of the molecule is CN1CCN(c2cc(-c3ccccc3)c3ccccc3c2)CC1. The third-order valence-corrected chi connectivity index (χ3v) is 4.80. The lowest BCUT2D eigenvalue weighted by Crippen LogP contribution is -2.44. The standard InChI is InChI=1S/C21H22N2/c1-22-11-13-23(14-12-22)19-15-18-9-5-6-10-20(18)21(16-19)17-7-3-2-4-8-17/h2-10,15-16H,11-14H2,1H3. The third-order valence-electron chi connectivity index (χ3n) is 4.80. The molecule has 0 aliphatic carbocycles. The molecule has 3 aromatic carbocycles. The number of benzene rings is 3. The Morgan fingerprint density at radius 2 is 1.43 bits per heavy atom. The summed E-state index contributed by atoms with van der Waals surface area (Å²) in [6.45, 7) is 4.47. The Hall–Kier alpha value is -2.32. The Kier molecular flexibility index (Phi) is 3.76. The first-order valence-electron chi connectivity index (χ1n) is 8.33.